The summed E-state index contributed by atoms with van der Waals surface area (Å²) >= 11 is 3.54. The standard InChI is InChI=1S/C16H17Br/c1-12-7-5-4-6-10-16(2,3)15-9-8-13(17)11-14(12)15/h4-9,11H,1,10H2,2-3H3/b6-4-,7-5-. The Bertz CT molecular complexity index is 504. The van der Waals surface area contributed by atoms with Crippen LogP contribution in [-0.4, -0.2) is 0 Å². The van der Waals surface area contributed by atoms with Crippen LogP contribution in [0, 0.1) is 0 Å². The van der Waals surface area contributed by atoms with E-state index in [9.17, 15) is 0 Å². The van der Waals surface area contributed by atoms with E-state index in [0.29, 0.717) is 0 Å². The highest BCUT2D eigenvalue weighted by molar-refractivity contribution is 9.10. The number of rotatable bonds is 0. The zero-order valence-electron chi connectivity index (χ0n) is 10.3. The van der Waals surface area contributed by atoms with E-state index in [1.807, 2.05) is 0 Å². The van der Waals surface area contributed by atoms with E-state index in [1.165, 1.54) is 11.1 Å². The van der Waals surface area contributed by atoms with Crippen molar-refractivity contribution in [2.75, 3.05) is 0 Å². The second kappa shape index (κ2) is 4.66. The predicted octanol–water partition coefficient (Wildman–Crippen LogP) is 5.26. The Morgan fingerprint density at radius 2 is 2.00 bits per heavy atom. The summed E-state index contributed by atoms with van der Waals surface area (Å²) < 4.78 is 1.11. The summed E-state index contributed by atoms with van der Waals surface area (Å²) in [5, 5.41) is 0. The number of benzene rings is 1. The first-order valence-electron chi connectivity index (χ1n) is 5.83. The third-order valence-electron chi connectivity index (χ3n) is 3.23. The second-order valence-corrected chi connectivity index (χ2v) is 6.01. The van der Waals surface area contributed by atoms with Crippen LogP contribution in [0.15, 0.2) is 53.6 Å². The molecule has 0 aromatic heterocycles. The Balaban J connectivity index is 2.64. The van der Waals surface area contributed by atoms with Crippen LogP contribution < -0.4 is 0 Å². The maximum atomic E-state index is 4.16. The third-order valence-corrected chi connectivity index (χ3v) is 3.72. The lowest BCUT2D eigenvalue weighted by molar-refractivity contribution is 0.533. The van der Waals surface area contributed by atoms with Gasteiger partial charge in [0.25, 0.3) is 0 Å². The van der Waals surface area contributed by atoms with Crippen LogP contribution in [0.4, 0.5) is 0 Å². The summed E-state index contributed by atoms with van der Waals surface area (Å²) in [6.07, 6.45) is 9.51. The minimum atomic E-state index is 0.140. The number of hydrogen-bond donors (Lipinski definition) is 0. The molecule has 0 bridgehead atoms. The van der Waals surface area contributed by atoms with E-state index >= 15 is 0 Å². The van der Waals surface area contributed by atoms with E-state index in [4.69, 9.17) is 0 Å². The summed E-state index contributed by atoms with van der Waals surface area (Å²) in [6, 6.07) is 6.48. The van der Waals surface area contributed by atoms with Crippen molar-refractivity contribution in [3.8, 4) is 0 Å². The topological polar surface area (TPSA) is 0 Å². The van der Waals surface area contributed by atoms with Crippen LogP contribution >= 0.6 is 15.9 Å². The van der Waals surface area contributed by atoms with Crippen LogP contribution in [-0.2, 0) is 5.41 Å². The molecular weight excluding hydrogens is 272 g/mol. The molecule has 0 N–H and O–H groups in total. The number of halogens is 1. The minimum absolute atomic E-state index is 0.140. The largest absolute Gasteiger partial charge is 0.0911 e. The van der Waals surface area contributed by atoms with Gasteiger partial charge < -0.3 is 0 Å². The molecule has 1 heteroatoms. The monoisotopic (exact) mass is 288 g/mol. The van der Waals surface area contributed by atoms with Gasteiger partial charge in [-0.1, -0.05) is 66.7 Å². The summed E-state index contributed by atoms with van der Waals surface area (Å²) in [4.78, 5) is 0. The normalized spacial score (nSPS) is 21.9. The van der Waals surface area contributed by atoms with Crippen LogP contribution in [0.1, 0.15) is 31.4 Å². The second-order valence-electron chi connectivity index (χ2n) is 5.09. The molecule has 0 fully saturated rings. The molecule has 1 aromatic rings. The van der Waals surface area contributed by atoms with Crippen molar-refractivity contribution in [1.82, 2.24) is 0 Å². The fourth-order valence-corrected chi connectivity index (χ4v) is 2.55. The van der Waals surface area contributed by atoms with Gasteiger partial charge in [0.2, 0.25) is 0 Å². The molecule has 1 aliphatic carbocycles. The highest BCUT2D eigenvalue weighted by atomic mass is 79.9. The summed E-state index contributed by atoms with van der Waals surface area (Å²) in [7, 11) is 0. The highest BCUT2D eigenvalue weighted by Crippen LogP contribution is 2.35. The van der Waals surface area contributed by atoms with E-state index in [2.05, 4.69) is 78.9 Å². The number of allylic oxidation sites excluding steroid dienone is 5. The molecule has 0 radical (unpaired) electrons. The van der Waals surface area contributed by atoms with Gasteiger partial charge in [0.05, 0.1) is 0 Å². The lowest BCUT2D eigenvalue weighted by atomic mass is 9.78. The molecule has 88 valence electrons. The van der Waals surface area contributed by atoms with Gasteiger partial charge in [-0.2, -0.15) is 0 Å². The van der Waals surface area contributed by atoms with Crippen LogP contribution in [0.5, 0.6) is 0 Å². The molecule has 0 saturated heterocycles. The molecule has 0 amide bonds. The van der Waals surface area contributed by atoms with E-state index in [-0.39, 0.29) is 5.41 Å². The quantitative estimate of drug-likeness (QED) is 0.611. The van der Waals surface area contributed by atoms with Gasteiger partial charge in [-0.05, 0) is 40.7 Å². The van der Waals surface area contributed by atoms with Crippen molar-refractivity contribution < 1.29 is 0 Å². The molecule has 0 spiro atoms. The SMILES string of the molecule is C=C1/C=C\C=C/CC(C)(C)c2ccc(Br)cc21. The first-order chi connectivity index (χ1) is 8.00. The van der Waals surface area contributed by atoms with Gasteiger partial charge in [0, 0.05) is 4.47 Å². The van der Waals surface area contributed by atoms with Crippen molar-refractivity contribution in [3.63, 3.8) is 0 Å². The van der Waals surface area contributed by atoms with Gasteiger partial charge in [0.1, 0.15) is 0 Å². The molecular formula is C16H17Br. The van der Waals surface area contributed by atoms with Gasteiger partial charge in [-0.15, -0.1) is 0 Å². The summed E-state index contributed by atoms with van der Waals surface area (Å²) in [6.45, 7) is 8.72. The predicted molar refractivity (Wildman–Crippen MR) is 79.1 cm³/mol. The van der Waals surface area contributed by atoms with Crippen LogP contribution in [0.25, 0.3) is 5.57 Å². The molecule has 0 atom stereocenters. The average Bonchev–Trinajstić information content (AvgIpc) is 2.31. The van der Waals surface area contributed by atoms with Crippen molar-refractivity contribution in [1.29, 1.82) is 0 Å². The van der Waals surface area contributed by atoms with E-state index < -0.39 is 0 Å². The maximum Gasteiger partial charge on any atom is 0.0181 e. The molecule has 17 heavy (non-hydrogen) atoms. The molecule has 2 rings (SSSR count). The first-order valence-corrected chi connectivity index (χ1v) is 6.62. The third kappa shape index (κ3) is 2.61. The Hall–Kier alpha value is -1.08. The molecule has 0 saturated carbocycles. The van der Waals surface area contributed by atoms with Gasteiger partial charge >= 0.3 is 0 Å². The average molecular weight is 289 g/mol. The Morgan fingerprint density at radius 3 is 2.76 bits per heavy atom. The molecule has 0 aliphatic heterocycles. The van der Waals surface area contributed by atoms with Gasteiger partial charge in [-0.3, -0.25) is 0 Å². The van der Waals surface area contributed by atoms with Gasteiger partial charge in [-0.25, -0.2) is 0 Å². The zero-order chi connectivity index (χ0) is 12.5. The molecule has 0 heterocycles. The summed E-state index contributed by atoms with van der Waals surface area (Å²) in [5.41, 5.74) is 3.81. The van der Waals surface area contributed by atoms with E-state index in [0.717, 1.165) is 16.5 Å². The zero-order valence-corrected chi connectivity index (χ0v) is 11.9. The fraction of sp³-hybridized carbons (Fsp3) is 0.250. The summed E-state index contributed by atoms with van der Waals surface area (Å²) in [5.74, 6) is 0. The van der Waals surface area contributed by atoms with Crippen molar-refractivity contribution in [3.05, 3.63) is 64.7 Å². The lowest BCUT2D eigenvalue weighted by Crippen LogP contribution is -2.17. The molecule has 1 aliphatic rings. The fourth-order valence-electron chi connectivity index (χ4n) is 2.18. The first kappa shape index (κ1) is 12.4. The Labute approximate surface area is 112 Å². The smallest absolute Gasteiger partial charge is 0.0181 e. The van der Waals surface area contributed by atoms with Gasteiger partial charge in [0.15, 0.2) is 0 Å². The molecule has 1 aromatic carbocycles. The Morgan fingerprint density at radius 1 is 1.24 bits per heavy atom. The van der Waals surface area contributed by atoms with Crippen molar-refractivity contribution in [2.45, 2.75) is 25.7 Å². The maximum absolute atomic E-state index is 4.16. The molecule has 0 nitrogen and oxygen atoms in total. The highest BCUT2D eigenvalue weighted by Gasteiger charge is 2.23. The van der Waals surface area contributed by atoms with Crippen LogP contribution in [0.2, 0.25) is 0 Å². The van der Waals surface area contributed by atoms with Crippen molar-refractivity contribution >= 4 is 21.5 Å². The number of hydrogen-bond acceptors (Lipinski definition) is 0. The van der Waals surface area contributed by atoms with Crippen molar-refractivity contribution in [2.24, 2.45) is 0 Å². The molecule has 0 unspecified atom stereocenters. The Kier molecular flexibility index (Phi) is 3.39. The van der Waals surface area contributed by atoms with Crippen LogP contribution in [0.3, 0.4) is 0 Å². The minimum Gasteiger partial charge on any atom is -0.0911 e. The number of fused-ring (bicyclic) bond motifs is 1. The lowest BCUT2D eigenvalue weighted by Gasteiger charge is -2.27. The van der Waals surface area contributed by atoms with E-state index in [1.54, 1.807) is 0 Å².